The molecular formula is C33H25N5O13S4. The molecule has 0 aliphatic heterocycles. The standard InChI is InChI=1S/C33H25N5O13S4/c1-17-2-4-18(5-3-17)19-6-8-22(9-7-19)35-37-31-27(54(46,47)48)14-21-15-28(55(49,50)51)32(33(39)29(21)30(31)34)38-36-26-16-24(53(43,44)45)13-20-12-23(52(40,41)42)10-11-25(20)26/h2-16,39H,34H2,1H3,(H,40,41,42)(H,43,44,45)(H,46,47,48)(H,49,50,51). The number of aryl methyl sites for hydroxylation is 1. The molecule has 0 saturated carbocycles. The Labute approximate surface area is 312 Å². The van der Waals surface area contributed by atoms with Crippen molar-refractivity contribution in [3.8, 4) is 16.9 Å². The molecule has 0 bridgehead atoms. The number of phenols is 1. The van der Waals surface area contributed by atoms with Gasteiger partial charge >= 0.3 is 0 Å². The van der Waals surface area contributed by atoms with E-state index < -0.39 is 99.3 Å². The summed E-state index contributed by atoms with van der Waals surface area (Å²) in [7, 11) is -20.3. The summed E-state index contributed by atoms with van der Waals surface area (Å²) < 4.78 is 137. The molecule has 284 valence electrons. The highest BCUT2D eigenvalue weighted by Gasteiger charge is 2.28. The van der Waals surface area contributed by atoms with Crippen molar-refractivity contribution in [2.45, 2.75) is 26.5 Å². The van der Waals surface area contributed by atoms with E-state index in [1.807, 2.05) is 31.2 Å². The van der Waals surface area contributed by atoms with Crippen LogP contribution in [0.3, 0.4) is 0 Å². The van der Waals surface area contributed by atoms with Crippen LogP contribution >= 0.6 is 0 Å². The molecule has 0 aliphatic carbocycles. The lowest BCUT2D eigenvalue weighted by molar-refractivity contribution is 0.472. The van der Waals surface area contributed by atoms with Crippen molar-refractivity contribution in [3.63, 3.8) is 0 Å². The first-order valence-electron chi connectivity index (χ1n) is 15.1. The van der Waals surface area contributed by atoms with Gasteiger partial charge in [-0.1, -0.05) is 48.0 Å². The summed E-state index contributed by atoms with van der Waals surface area (Å²) in [6.45, 7) is 1.94. The van der Waals surface area contributed by atoms with Gasteiger partial charge in [0, 0.05) is 5.39 Å². The fourth-order valence-electron chi connectivity index (χ4n) is 5.48. The number of nitrogens with two attached hydrogens (primary N) is 1. The van der Waals surface area contributed by atoms with Crippen molar-refractivity contribution < 1.29 is 57.0 Å². The number of aromatic hydroxyl groups is 1. The molecule has 0 atom stereocenters. The first-order chi connectivity index (χ1) is 25.5. The normalized spacial score (nSPS) is 13.0. The molecule has 0 fully saturated rings. The number of hydrogen-bond donors (Lipinski definition) is 6. The number of nitrogens with zero attached hydrogens (tertiary/aromatic N) is 4. The molecule has 22 heteroatoms. The lowest BCUT2D eigenvalue weighted by atomic mass is 10.0. The van der Waals surface area contributed by atoms with Crippen LogP contribution in [0.2, 0.25) is 0 Å². The number of phenolic OH excluding ortho intramolecular Hbond substituents is 1. The molecule has 0 aromatic heterocycles. The Morgan fingerprint density at radius 2 is 1.04 bits per heavy atom. The third kappa shape index (κ3) is 8.06. The van der Waals surface area contributed by atoms with Gasteiger partial charge in [0.05, 0.1) is 32.2 Å². The number of fused-ring (bicyclic) bond motifs is 2. The Bertz CT molecular complexity index is 3090. The number of anilines is 1. The van der Waals surface area contributed by atoms with Crippen LogP contribution in [0, 0.1) is 6.92 Å². The molecule has 55 heavy (non-hydrogen) atoms. The second kappa shape index (κ2) is 13.8. The van der Waals surface area contributed by atoms with Crippen LogP contribution in [0.25, 0.3) is 32.7 Å². The van der Waals surface area contributed by atoms with Crippen LogP contribution in [0.15, 0.2) is 131 Å². The van der Waals surface area contributed by atoms with Crippen LogP contribution < -0.4 is 5.73 Å². The summed E-state index contributed by atoms with van der Waals surface area (Å²) in [6.07, 6.45) is 0. The number of benzene rings is 6. The van der Waals surface area contributed by atoms with E-state index in [4.69, 9.17) is 5.73 Å². The van der Waals surface area contributed by atoms with Crippen molar-refractivity contribution in [3.05, 3.63) is 96.6 Å². The number of hydrogen-bond acceptors (Lipinski definition) is 14. The zero-order chi connectivity index (χ0) is 40.2. The lowest BCUT2D eigenvalue weighted by Crippen LogP contribution is -2.03. The summed E-state index contributed by atoms with van der Waals surface area (Å²) in [5, 5.41) is 25.7. The van der Waals surface area contributed by atoms with Gasteiger partial charge < -0.3 is 10.8 Å². The summed E-state index contributed by atoms with van der Waals surface area (Å²) in [5.74, 6) is -1.11. The van der Waals surface area contributed by atoms with Crippen molar-refractivity contribution in [1.29, 1.82) is 0 Å². The van der Waals surface area contributed by atoms with Crippen LogP contribution in [0.4, 0.5) is 28.4 Å². The van der Waals surface area contributed by atoms with Gasteiger partial charge in [-0.3, -0.25) is 18.2 Å². The highest BCUT2D eigenvalue weighted by Crippen LogP contribution is 2.48. The maximum Gasteiger partial charge on any atom is 0.296 e. The van der Waals surface area contributed by atoms with Gasteiger partial charge in [0.2, 0.25) is 0 Å². The number of nitrogen functional groups attached to an aromatic ring is 1. The molecule has 0 aliphatic rings. The van der Waals surface area contributed by atoms with Crippen LogP contribution in [-0.4, -0.2) is 57.0 Å². The van der Waals surface area contributed by atoms with Gasteiger partial charge in [0.25, 0.3) is 40.5 Å². The van der Waals surface area contributed by atoms with Crippen LogP contribution in [0.1, 0.15) is 5.56 Å². The Hall–Kier alpha value is -5.72. The maximum absolute atomic E-state index is 12.5. The van der Waals surface area contributed by atoms with E-state index in [0.717, 1.165) is 47.0 Å². The largest absolute Gasteiger partial charge is 0.505 e. The molecule has 6 rings (SSSR count). The Morgan fingerprint density at radius 3 is 1.58 bits per heavy atom. The monoisotopic (exact) mass is 827 g/mol. The molecule has 18 nitrogen and oxygen atoms in total. The summed E-state index contributed by atoms with van der Waals surface area (Å²) in [4.78, 5) is -3.61. The highest BCUT2D eigenvalue weighted by atomic mass is 32.2. The topological polar surface area (TPSA) is 313 Å². The van der Waals surface area contributed by atoms with E-state index in [2.05, 4.69) is 20.5 Å². The van der Waals surface area contributed by atoms with Crippen molar-refractivity contribution in [2.75, 3.05) is 5.73 Å². The zero-order valence-corrected chi connectivity index (χ0v) is 30.9. The van der Waals surface area contributed by atoms with Crippen LogP contribution in [-0.2, 0) is 40.5 Å². The quantitative estimate of drug-likeness (QED) is 0.0482. The number of azo groups is 2. The highest BCUT2D eigenvalue weighted by molar-refractivity contribution is 7.86. The van der Waals surface area contributed by atoms with E-state index in [0.29, 0.717) is 12.1 Å². The first kappa shape index (κ1) is 39.0. The summed E-state index contributed by atoms with van der Waals surface area (Å²) >= 11 is 0. The van der Waals surface area contributed by atoms with Gasteiger partial charge in [-0.2, -0.15) is 38.8 Å². The van der Waals surface area contributed by atoms with E-state index in [9.17, 15) is 57.0 Å². The first-order valence-corrected chi connectivity index (χ1v) is 20.9. The second-order valence-corrected chi connectivity index (χ2v) is 17.5. The molecule has 6 aromatic carbocycles. The maximum atomic E-state index is 12.5. The molecule has 0 heterocycles. The average Bonchev–Trinajstić information content (AvgIpc) is 3.09. The van der Waals surface area contributed by atoms with Gasteiger partial charge in [-0.05, 0) is 77.4 Å². The van der Waals surface area contributed by atoms with Gasteiger partial charge in [0.1, 0.15) is 21.2 Å². The van der Waals surface area contributed by atoms with Gasteiger partial charge in [-0.15, -0.1) is 15.3 Å². The fourth-order valence-corrected chi connectivity index (χ4v) is 7.86. The summed E-state index contributed by atoms with van der Waals surface area (Å²) in [6, 6.07) is 20.0. The molecule has 0 amide bonds. The Morgan fingerprint density at radius 1 is 0.527 bits per heavy atom. The van der Waals surface area contributed by atoms with Gasteiger partial charge in [0.15, 0.2) is 5.75 Å². The minimum absolute atomic E-state index is 0.0517. The van der Waals surface area contributed by atoms with Gasteiger partial charge in [-0.25, -0.2) is 0 Å². The number of rotatable bonds is 9. The van der Waals surface area contributed by atoms with E-state index in [1.165, 1.54) is 0 Å². The van der Waals surface area contributed by atoms with E-state index >= 15 is 0 Å². The van der Waals surface area contributed by atoms with Crippen molar-refractivity contribution >= 4 is 90.5 Å². The third-order valence-corrected chi connectivity index (χ3v) is 11.5. The predicted octanol–water partition coefficient (Wildman–Crippen LogP) is 7.07. The molecule has 7 N–H and O–H groups in total. The SMILES string of the molecule is Cc1ccc(-c2ccc(N=Nc3c(S(=O)(=O)O)cc4cc(S(=O)(=O)O)c(N=Nc5cc(S(=O)(=O)O)cc6cc(S(=O)(=O)O)ccc56)c(O)c4c3N)cc2)cc1. The minimum atomic E-state index is -5.33. The van der Waals surface area contributed by atoms with Crippen molar-refractivity contribution in [2.24, 2.45) is 20.5 Å². The lowest BCUT2D eigenvalue weighted by Gasteiger charge is -2.14. The van der Waals surface area contributed by atoms with Crippen LogP contribution in [0.5, 0.6) is 5.75 Å². The molecular weight excluding hydrogens is 803 g/mol. The zero-order valence-electron chi connectivity index (χ0n) is 27.7. The van der Waals surface area contributed by atoms with E-state index in [-0.39, 0.29) is 16.5 Å². The smallest absolute Gasteiger partial charge is 0.296 e. The van der Waals surface area contributed by atoms with E-state index in [1.54, 1.807) is 24.3 Å². The predicted molar refractivity (Wildman–Crippen MR) is 198 cm³/mol. The molecule has 6 aromatic rings. The Balaban J connectivity index is 1.54. The third-order valence-electron chi connectivity index (χ3n) is 8.12. The minimum Gasteiger partial charge on any atom is -0.505 e. The average molecular weight is 828 g/mol. The summed E-state index contributed by atoms with van der Waals surface area (Å²) in [5.41, 5.74) is 6.48. The fraction of sp³-hybridized carbons (Fsp3) is 0.0303. The molecule has 0 spiro atoms. The van der Waals surface area contributed by atoms with Crippen molar-refractivity contribution in [1.82, 2.24) is 0 Å². The molecule has 0 unspecified atom stereocenters. The molecule has 0 radical (unpaired) electrons. The second-order valence-electron chi connectivity index (χ2n) is 11.8. The Kier molecular flexibility index (Phi) is 9.82. The molecule has 0 saturated heterocycles.